The molecule has 33 heavy (non-hydrogen) atoms. The zero-order valence-electron chi connectivity index (χ0n) is 17.9. The molecule has 6 rings (SSSR count). The Hall–Kier alpha value is -3.51. The normalized spacial score (nSPS) is 20.5. The van der Waals surface area contributed by atoms with Crippen LogP contribution < -0.4 is 15.5 Å². The molecule has 1 amide bonds. The molecular weight excluding hydrogens is 442 g/mol. The Morgan fingerprint density at radius 3 is 3.06 bits per heavy atom. The van der Waals surface area contributed by atoms with Gasteiger partial charge in [-0.15, -0.1) is 16.4 Å². The van der Waals surface area contributed by atoms with E-state index in [0.717, 1.165) is 11.2 Å². The Morgan fingerprint density at radius 1 is 1.36 bits per heavy atom. The zero-order valence-corrected chi connectivity index (χ0v) is 18.7. The smallest absolute Gasteiger partial charge is 0.249 e. The van der Waals surface area contributed by atoms with Crippen LogP contribution in [0.5, 0.6) is 0 Å². The number of ether oxygens (including phenoxy) is 1. The predicted octanol–water partition coefficient (Wildman–Crippen LogP) is 2.76. The monoisotopic (exact) mass is 465 g/mol. The molecule has 2 aliphatic rings. The topological polar surface area (TPSA) is 125 Å². The molecule has 3 N–H and O–H groups in total. The second kappa shape index (κ2) is 8.12. The molecule has 170 valence electrons. The quantitative estimate of drug-likeness (QED) is 0.380. The minimum atomic E-state index is -0.480. The van der Waals surface area contributed by atoms with Gasteiger partial charge in [-0.05, 0) is 25.0 Å². The van der Waals surface area contributed by atoms with Crippen LogP contribution in [0, 0.1) is 0 Å². The maximum atomic E-state index is 13.1. The number of anilines is 4. The van der Waals surface area contributed by atoms with Crippen molar-refractivity contribution in [3.8, 4) is 0 Å². The van der Waals surface area contributed by atoms with E-state index in [2.05, 4.69) is 30.9 Å². The molecule has 0 bridgehead atoms. The molecule has 0 spiro atoms. The summed E-state index contributed by atoms with van der Waals surface area (Å²) in [5.41, 5.74) is 1.96. The van der Waals surface area contributed by atoms with E-state index in [1.165, 1.54) is 24.2 Å². The lowest BCUT2D eigenvalue weighted by molar-refractivity contribution is -0.117. The van der Waals surface area contributed by atoms with Crippen molar-refractivity contribution < 1.29 is 9.53 Å². The van der Waals surface area contributed by atoms with Gasteiger partial charge in [-0.3, -0.25) is 9.89 Å². The first kappa shape index (κ1) is 20.1. The van der Waals surface area contributed by atoms with Crippen LogP contribution in [0.15, 0.2) is 36.0 Å². The number of rotatable bonds is 7. The van der Waals surface area contributed by atoms with Gasteiger partial charge in [0.25, 0.3) is 0 Å². The average Bonchev–Trinajstić information content (AvgIpc) is 3.28. The van der Waals surface area contributed by atoms with Crippen LogP contribution in [0.1, 0.15) is 30.9 Å². The second-order valence-electron chi connectivity index (χ2n) is 8.29. The van der Waals surface area contributed by atoms with Gasteiger partial charge in [-0.25, -0.2) is 9.50 Å². The van der Waals surface area contributed by atoms with Gasteiger partial charge >= 0.3 is 0 Å². The fourth-order valence-corrected chi connectivity index (χ4v) is 4.71. The lowest BCUT2D eigenvalue weighted by Gasteiger charge is -2.23. The van der Waals surface area contributed by atoms with Crippen molar-refractivity contribution >= 4 is 45.5 Å². The van der Waals surface area contributed by atoms with E-state index < -0.39 is 6.04 Å². The molecule has 11 nitrogen and oxygen atoms in total. The van der Waals surface area contributed by atoms with E-state index in [1.54, 1.807) is 17.8 Å². The number of carbonyl (C=O) groups excluding carboxylic acids is 1. The molecule has 0 aromatic carbocycles. The number of methoxy groups -OCH3 is 1. The summed E-state index contributed by atoms with van der Waals surface area (Å²) >= 11 is 1.38. The number of amides is 1. The molecule has 2 atom stereocenters. The van der Waals surface area contributed by atoms with Crippen LogP contribution in [0.25, 0.3) is 5.52 Å². The molecule has 4 aromatic rings. The number of aromatic amines is 1. The number of nitrogens with one attached hydrogen (secondary N) is 3. The van der Waals surface area contributed by atoms with Gasteiger partial charge in [0.15, 0.2) is 16.8 Å². The highest BCUT2D eigenvalue weighted by Crippen LogP contribution is 2.39. The van der Waals surface area contributed by atoms with Gasteiger partial charge in [0.05, 0.1) is 6.10 Å². The number of hydrogen-bond donors (Lipinski definition) is 3. The first-order valence-corrected chi connectivity index (χ1v) is 11.7. The Bertz CT molecular complexity index is 1280. The van der Waals surface area contributed by atoms with Crippen LogP contribution in [-0.4, -0.2) is 61.5 Å². The van der Waals surface area contributed by atoms with E-state index >= 15 is 0 Å². The van der Waals surface area contributed by atoms with E-state index in [9.17, 15) is 4.79 Å². The number of fused-ring (bicyclic) bond motifs is 1. The third kappa shape index (κ3) is 3.91. The Balaban J connectivity index is 1.32. The SMILES string of the molecule is CO[C@@H]1C[C@@H](C(=O)Nc2nccs2)N(c2nc(Nc3cc(C4CC4)[nH]n3)c3cccn3n2)C1. The number of aromatic nitrogens is 6. The lowest BCUT2D eigenvalue weighted by Crippen LogP contribution is -2.41. The maximum Gasteiger partial charge on any atom is 0.249 e. The van der Waals surface area contributed by atoms with E-state index in [1.807, 2.05) is 34.7 Å². The first-order chi connectivity index (χ1) is 16.2. The lowest BCUT2D eigenvalue weighted by atomic mass is 10.2. The summed E-state index contributed by atoms with van der Waals surface area (Å²) in [7, 11) is 1.65. The van der Waals surface area contributed by atoms with Gasteiger partial charge in [-0.1, -0.05) is 0 Å². The summed E-state index contributed by atoms with van der Waals surface area (Å²) in [5, 5.41) is 20.8. The Morgan fingerprint density at radius 2 is 2.27 bits per heavy atom. The molecule has 12 heteroatoms. The minimum Gasteiger partial charge on any atom is -0.380 e. The highest BCUT2D eigenvalue weighted by molar-refractivity contribution is 7.13. The molecule has 1 aliphatic carbocycles. The van der Waals surface area contributed by atoms with Gasteiger partial charge < -0.3 is 20.3 Å². The number of thiazole rings is 1. The third-order valence-corrected chi connectivity index (χ3v) is 6.75. The third-order valence-electron chi connectivity index (χ3n) is 6.06. The molecule has 4 aromatic heterocycles. The minimum absolute atomic E-state index is 0.107. The first-order valence-electron chi connectivity index (χ1n) is 10.9. The second-order valence-corrected chi connectivity index (χ2v) is 9.19. The van der Waals surface area contributed by atoms with Crippen LogP contribution >= 0.6 is 11.3 Å². The van der Waals surface area contributed by atoms with Crippen molar-refractivity contribution in [2.45, 2.75) is 37.3 Å². The van der Waals surface area contributed by atoms with Crippen LogP contribution in [0.2, 0.25) is 0 Å². The highest BCUT2D eigenvalue weighted by Gasteiger charge is 2.39. The molecule has 0 unspecified atom stereocenters. The molecule has 5 heterocycles. The molecule has 0 radical (unpaired) electrons. The summed E-state index contributed by atoms with van der Waals surface area (Å²) in [5.74, 6) is 2.20. The van der Waals surface area contributed by atoms with Gasteiger partial charge in [0, 0.05) is 55.5 Å². The van der Waals surface area contributed by atoms with Crippen molar-refractivity contribution in [1.29, 1.82) is 0 Å². The summed E-state index contributed by atoms with van der Waals surface area (Å²) in [6.07, 6.45) is 6.35. The van der Waals surface area contributed by atoms with E-state index in [0.29, 0.717) is 41.6 Å². The number of H-pyrrole nitrogens is 1. The summed E-state index contributed by atoms with van der Waals surface area (Å²) < 4.78 is 7.34. The fourth-order valence-electron chi connectivity index (χ4n) is 4.17. The number of hydrogen-bond acceptors (Lipinski definition) is 9. The van der Waals surface area contributed by atoms with Crippen molar-refractivity contribution in [2.75, 3.05) is 29.2 Å². The molecule has 1 saturated heterocycles. The van der Waals surface area contributed by atoms with Crippen LogP contribution in [0.4, 0.5) is 22.7 Å². The molecule has 2 fully saturated rings. The van der Waals surface area contributed by atoms with Crippen LogP contribution in [-0.2, 0) is 9.53 Å². The number of carbonyl (C=O) groups is 1. The average molecular weight is 466 g/mol. The number of nitrogens with zero attached hydrogens (tertiary/aromatic N) is 6. The molecular formula is C21H23N9O2S. The van der Waals surface area contributed by atoms with Crippen molar-refractivity contribution in [2.24, 2.45) is 0 Å². The molecule has 1 aliphatic heterocycles. The highest BCUT2D eigenvalue weighted by atomic mass is 32.1. The maximum absolute atomic E-state index is 13.1. The largest absolute Gasteiger partial charge is 0.380 e. The van der Waals surface area contributed by atoms with Crippen molar-refractivity contribution in [3.05, 3.63) is 41.7 Å². The fraction of sp³-hybridized carbons (Fsp3) is 0.381. The van der Waals surface area contributed by atoms with Gasteiger partial charge in [-0.2, -0.15) is 10.1 Å². The van der Waals surface area contributed by atoms with Gasteiger partial charge in [0.1, 0.15) is 11.6 Å². The van der Waals surface area contributed by atoms with E-state index in [4.69, 9.17) is 9.72 Å². The summed E-state index contributed by atoms with van der Waals surface area (Å²) in [4.78, 5) is 23.9. The van der Waals surface area contributed by atoms with Crippen molar-refractivity contribution in [3.63, 3.8) is 0 Å². The van der Waals surface area contributed by atoms with E-state index in [-0.39, 0.29) is 12.0 Å². The Kier molecular flexibility index (Phi) is 4.95. The van der Waals surface area contributed by atoms with Crippen LogP contribution in [0.3, 0.4) is 0 Å². The summed E-state index contributed by atoms with van der Waals surface area (Å²) in [6.45, 7) is 0.507. The Labute approximate surface area is 193 Å². The van der Waals surface area contributed by atoms with Crippen molar-refractivity contribution in [1.82, 2.24) is 29.8 Å². The predicted molar refractivity (Wildman–Crippen MR) is 124 cm³/mol. The van der Waals surface area contributed by atoms with Gasteiger partial charge in [0.2, 0.25) is 11.9 Å². The summed E-state index contributed by atoms with van der Waals surface area (Å²) in [6, 6.07) is 5.40. The zero-order chi connectivity index (χ0) is 22.4. The standard InChI is InChI=1S/C21H23N9O2S/c1-32-13-9-16(19(31)25-21-22-6-8-33-21)29(11-13)20-24-18(15-3-2-7-30(15)28-20)23-17-10-14(26-27-17)12-4-5-12/h2-3,6-8,10,12-13,16H,4-5,9,11H2,1H3,(H,22,25,31)(H2,23,24,26,27,28)/t13-,16+/m1/s1. The molecule has 1 saturated carbocycles.